The Morgan fingerprint density at radius 1 is 1.50 bits per heavy atom. The van der Waals surface area contributed by atoms with E-state index < -0.39 is 0 Å². The second kappa shape index (κ2) is 1.94. The number of hydrogen-bond acceptors (Lipinski definition) is 4. The fraction of sp³-hybridized carbons (Fsp3) is 0. The summed E-state index contributed by atoms with van der Waals surface area (Å²) >= 11 is 0. The maximum absolute atomic E-state index is 4.88. The van der Waals surface area contributed by atoms with Crippen molar-refractivity contribution in [2.24, 2.45) is 0 Å². The van der Waals surface area contributed by atoms with Gasteiger partial charge in [0.2, 0.25) is 6.39 Å². The number of rotatable bonds is 1. The van der Waals surface area contributed by atoms with E-state index in [0.717, 1.165) is 5.69 Å². The van der Waals surface area contributed by atoms with Gasteiger partial charge in [-0.15, -0.1) is 10.2 Å². The van der Waals surface area contributed by atoms with Crippen molar-refractivity contribution < 1.29 is 4.42 Å². The average molecular weight is 136 g/mol. The minimum Gasteiger partial charge on any atom is -0.422 e. The van der Waals surface area contributed by atoms with E-state index in [1.807, 2.05) is 0 Å². The molecule has 0 saturated carbocycles. The monoisotopic (exact) mass is 136 g/mol. The second-order valence-corrected chi connectivity index (χ2v) is 1.71. The summed E-state index contributed by atoms with van der Waals surface area (Å²) in [7, 11) is 0. The van der Waals surface area contributed by atoms with Gasteiger partial charge in [0.25, 0.3) is 5.89 Å². The quantitative estimate of drug-likeness (QED) is 0.618. The van der Waals surface area contributed by atoms with Gasteiger partial charge in [-0.25, -0.2) is 4.98 Å². The molecule has 5 nitrogen and oxygen atoms in total. The van der Waals surface area contributed by atoms with Crippen LogP contribution >= 0.6 is 0 Å². The van der Waals surface area contributed by atoms with Gasteiger partial charge in [0.05, 0.1) is 12.5 Å². The zero-order chi connectivity index (χ0) is 6.81. The third-order valence-electron chi connectivity index (χ3n) is 1.09. The molecule has 0 unspecified atom stereocenters. The third-order valence-corrected chi connectivity index (χ3v) is 1.09. The highest BCUT2D eigenvalue weighted by molar-refractivity contribution is 5.42. The summed E-state index contributed by atoms with van der Waals surface area (Å²) in [5, 5.41) is 7.18. The Morgan fingerprint density at radius 3 is 3.10 bits per heavy atom. The number of aromatic amines is 1. The molecule has 0 saturated heterocycles. The fourth-order valence-corrected chi connectivity index (χ4v) is 0.663. The molecule has 10 heavy (non-hydrogen) atoms. The molecule has 0 aliphatic carbocycles. The Balaban J connectivity index is 2.48. The maximum atomic E-state index is 4.88. The molecule has 50 valence electrons. The van der Waals surface area contributed by atoms with Crippen LogP contribution in [-0.4, -0.2) is 20.2 Å². The molecule has 0 aliphatic rings. The summed E-state index contributed by atoms with van der Waals surface area (Å²) in [6.07, 6.45) is 4.45. The first-order valence-corrected chi connectivity index (χ1v) is 2.72. The summed E-state index contributed by atoms with van der Waals surface area (Å²) in [6.45, 7) is 0. The number of H-pyrrole nitrogens is 1. The van der Waals surface area contributed by atoms with Gasteiger partial charge in [0.1, 0.15) is 5.69 Å². The molecule has 0 fully saturated rings. The van der Waals surface area contributed by atoms with E-state index in [2.05, 4.69) is 20.2 Å². The van der Waals surface area contributed by atoms with E-state index in [-0.39, 0.29) is 0 Å². The topological polar surface area (TPSA) is 67.6 Å². The highest BCUT2D eigenvalue weighted by atomic mass is 16.4. The van der Waals surface area contributed by atoms with Crippen molar-refractivity contribution in [2.45, 2.75) is 0 Å². The average Bonchev–Trinajstić information content (AvgIpc) is 2.59. The summed E-state index contributed by atoms with van der Waals surface area (Å²) < 4.78 is 4.88. The predicted molar refractivity (Wildman–Crippen MR) is 31.9 cm³/mol. The van der Waals surface area contributed by atoms with Crippen LogP contribution in [0.1, 0.15) is 0 Å². The minimum absolute atomic E-state index is 0.456. The van der Waals surface area contributed by atoms with Crippen LogP contribution in [0.25, 0.3) is 11.6 Å². The SMILES string of the molecule is c1ncc(-c2nnco2)[nH]1. The zero-order valence-corrected chi connectivity index (χ0v) is 4.98. The summed E-state index contributed by atoms with van der Waals surface area (Å²) in [4.78, 5) is 6.63. The van der Waals surface area contributed by atoms with E-state index in [0.29, 0.717) is 5.89 Å². The smallest absolute Gasteiger partial charge is 0.265 e. The van der Waals surface area contributed by atoms with Crippen LogP contribution in [0.15, 0.2) is 23.3 Å². The molecule has 0 spiro atoms. The van der Waals surface area contributed by atoms with Gasteiger partial charge < -0.3 is 9.40 Å². The molecule has 0 aliphatic heterocycles. The van der Waals surface area contributed by atoms with Crippen LogP contribution in [0.4, 0.5) is 0 Å². The van der Waals surface area contributed by atoms with E-state index >= 15 is 0 Å². The van der Waals surface area contributed by atoms with Crippen molar-refractivity contribution in [3.63, 3.8) is 0 Å². The second-order valence-electron chi connectivity index (χ2n) is 1.71. The molecular weight excluding hydrogens is 132 g/mol. The van der Waals surface area contributed by atoms with Gasteiger partial charge in [-0.3, -0.25) is 0 Å². The van der Waals surface area contributed by atoms with E-state index in [9.17, 15) is 0 Å². The van der Waals surface area contributed by atoms with Crippen molar-refractivity contribution >= 4 is 0 Å². The van der Waals surface area contributed by atoms with Crippen LogP contribution in [0.3, 0.4) is 0 Å². The first-order chi connectivity index (χ1) is 4.97. The molecule has 0 atom stereocenters. The van der Waals surface area contributed by atoms with E-state index in [4.69, 9.17) is 4.42 Å². The largest absolute Gasteiger partial charge is 0.422 e. The molecule has 1 N–H and O–H groups in total. The van der Waals surface area contributed by atoms with E-state index in [1.165, 1.54) is 6.39 Å². The molecule has 2 aromatic rings. The molecule has 5 heteroatoms. The van der Waals surface area contributed by atoms with Crippen molar-refractivity contribution in [1.29, 1.82) is 0 Å². The molecule has 0 radical (unpaired) electrons. The van der Waals surface area contributed by atoms with Gasteiger partial charge in [-0.05, 0) is 0 Å². The number of nitrogens with zero attached hydrogens (tertiary/aromatic N) is 3. The molecule has 2 heterocycles. The van der Waals surface area contributed by atoms with Gasteiger partial charge in [-0.2, -0.15) is 0 Å². The van der Waals surface area contributed by atoms with Gasteiger partial charge >= 0.3 is 0 Å². The Bertz CT molecular complexity index is 253. The predicted octanol–water partition coefficient (Wildman–Crippen LogP) is 0.460. The van der Waals surface area contributed by atoms with Crippen molar-refractivity contribution in [3.8, 4) is 11.6 Å². The molecule has 0 amide bonds. The van der Waals surface area contributed by atoms with Crippen molar-refractivity contribution in [1.82, 2.24) is 20.2 Å². The molecule has 0 aromatic carbocycles. The number of nitrogens with one attached hydrogen (secondary N) is 1. The highest BCUT2D eigenvalue weighted by Gasteiger charge is 2.01. The number of hydrogen-bond donors (Lipinski definition) is 1. The number of aromatic nitrogens is 4. The summed E-state index contributed by atoms with van der Waals surface area (Å²) in [6, 6.07) is 0. The lowest BCUT2D eigenvalue weighted by molar-refractivity contribution is 0.567. The first-order valence-electron chi connectivity index (χ1n) is 2.72. The Morgan fingerprint density at radius 2 is 2.50 bits per heavy atom. The molecule has 2 rings (SSSR count). The molecule has 2 aromatic heterocycles. The summed E-state index contributed by atoms with van der Waals surface area (Å²) in [5.41, 5.74) is 0.734. The van der Waals surface area contributed by atoms with Gasteiger partial charge in [0, 0.05) is 0 Å². The zero-order valence-electron chi connectivity index (χ0n) is 4.98. The van der Waals surface area contributed by atoms with Crippen LogP contribution in [0, 0.1) is 0 Å². The Labute approximate surface area is 56.1 Å². The van der Waals surface area contributed by atoms with Gasteiger partial charge in [-0.1, -0.05) is 0 Å². The lowest BCUT2D eigenvalue weighted by Crippen LogP contribution is -1.75. The standard InChI is InChI=1S/C5H4N4O/c1-4(7-2-6-1)5-9-8-3-10-5/h1-3H,(H,6,7). The Hall–Kier alpha value is -1.65. The fourth-order valence-electron chi connectivity index (χ4n) is 0.663. The highest BCUT2D eigenvalue weighted by Crippen LogP contribution is 2.09. The molecule has 0 bridgehead atoms. The van der Waals surface area contributed by atoms with Crippen molar-refractivity contribution in [2.75, 3.05) is 0 Å². The van der Waals surface area contributed by atoms with Crippen LogP contribution in [0.2, 0.25) is 0 Å². The lowest BCUT2D eigenvalue weighted by atomic mass is 10.5. The van der Waals surface area contributed by atoms with Gasteiger partial charge in [0.15, 0.2) is 0 Å². The van der Waals surface area contributed by atoms with Crippen molar-refractivity contribution in [3.05, 3.63) is 18.9 Å². The normalized spacial score (nSPS) is 10.0. The first kappa shape index (κ1) is 5.16. The molecular formula is C5H4N4O. The Kier molecular flexibility index (Phi) is 1.00. The van der Waals surface area contributed by atoms with Crippen LogP contribution in [-0.2, 0) is 0 Å². The minimum atomic E-state index is 0.456. The van der Waals surface area contributed by atoms with Crippen LogP contribution < -0.4 is 0 Å². The maximum Gasteiger partial charge on any atom is 0.265 e. The number of imidazole rings is 1. The van der Waals surface area contributed by atoms with Crippen LogP contribution in [0.5, 0.6) is 0 Å². The summed E-state index contributed by atoms with van der Waals surface area (Å²) in [5.74, 6) is 0.456. The third kappa shape index (κ3) is 0.680. The lowest BCUT2D eigenvalue weighted by Gasteiger charge is -1.81. The van der Waals surface area contributed by atoms with E-state index in [1.54, 1.807) is 12.5 Å².